The lowest BCUT2D eigenvalue weighted by Gasteiger charge is -2.22. The average Bonchev–Trinajstić information content (AvgIpc) is 3.40. The molecule has 0 saturated carbocycles. The monoisotopic (exact) mass is 495 g/mol. The zero-order valence-electron chi connectivity index (χ0n) is 14.6. The second kappa shape index (κ2) is 7.65. The van der Waals surface area contributed by atoms with Crippen LogP contribution in [-0.4, -0.2) is 30.5 Å². The van der Waals surface area contributed by atoms with E-state index in [-0.39, 0.29) is 6.10 Å². The lowest BCUT2D eigenvalue weighted by Crippen LogP contribution is -2.33. The highest BCUT2D eigenvalue weighted by molar-refractivity contribution is 14.1. The lowest BCUT2D eigenvalue weighted by molar-refractivity contribution is 0.201. The highest BCUT2D eigenvalue weighted by Gasteiger charge is 2.31. The third-order valence-electron chi connectivity index (χ3n) is 4.46. The number of benzene rings is 2. The molecule has 0 bridgehead atoms. The molecule has 1 aliphatic rings. The van der Waals surface area contributed by atoms with Gasteiger partial charge in [-0.3, -0.25) is 4.90 Å². The fourth-order valence-corrected chi connectivity index (χ4v) is 5.33. The minimum absolute atomic E-state index is 0.0233. The maximum atomic E-state index is 11.9. The van der Waals surface area contributed by atoms with E-state index in [0.29, 0.717) is 31.2 Å². The number of carboxylic acid groups (broad SMARTS) is 1. The summed E-state index contributed by atoms with van der Waals surface area (Å²) < 4.78 is 13.3. The van der Waals surface area contributed by atoms with Crippen molar-refractivity contribution in [3.05, 3.63) is 56.5 Å². The molecule has 27 heavy (non-hydrogen) atoms. The summed E-state index contributed by atoms with van der Waals surface area (Å²) in [6, 6.07) is 11.8. The van der Waals surface area contributed by atoms with Crippen molar-refractivity contribution in [1.82, 2.24) is 0 Å². The molecule has 1 atom stereocenters. The van der Waals surface area contributed by atoms with E-state index in [2.05, 4.69) is 28.0 Å². The molecule has 0 aliphatic carbocycles. The Morgan fingerprint density at radius 3 is 2.81 bits per heavy atom. The number of amides is 1. The standard InChI is InChI=1S/C20H18INO4S/c1-12-11-27-19-16(26-9-13-5-3-2-4-6-13)7-15(18(21)17(12)19)22(20(23)24)8-14-10-25-14/h2-7,11,14H,8-10H2,1H3,(H,23,24)/t14-/m1/s1. The summed E-state index contributed by atoms with van der Waals surface area (Å²) in [5, 5.41) is 12.9. The molecule has 1 aromatic heterocycles. The molecular formula is C20H18INO4S. The van der Waals surface area contributed by atoms with E-state index in [4.69, 9.17) is 9.47 Å². The van der Waals surface area contributed by atoms with Gasteiger partial charge in [0.2, 0.25) is 0 Å². The smallest absolute Gasteiger partial charge is 0.411 e. The Bertz CT molecular complexity index is 985. The largest absolute Gasteiger partial charge is 0.487 e. The number of ether oxygens (including phenoxy) is 2. The number of halogens is 1. The Morgan fingerprint density at radius 1 is 1.41 bits per heavy atom. The molecule has 2 heterocycles. The van der Waals surface area contributed by atoms with Gasteiger partial charge >= 0.3 is 6.09 Å². The Hall–Kier alpha value is -1.84. The van der Waals surface area contributed by atoms with Crippen LogP contribution in [-0.2, 0) is 11.3 Å². The van der Waals surface area contributed by atoms with Crippen LogP contribution in [0.4, 0.5) is 10.5 Å². The van der Waals surface area contributed by atoms with Crippen LogP contribution in [0.5, 0.6) is 5.75 Å². The summed E-state index contributed by atoms with van der Waals surface area (Å²) in [5.74, 6) is 0.713. The fraction of sp³-hybridized carbons (Fsp3) is 0.250. The number of thiophene rings is 1. The van der Waals surface area contributed by atoms with E-state index >= 15 is 0 Å². The zero-order chi connectivity index (χ0) is 19.0. The van der Waals surface area contributed by atoms with E-state index in [0.717, 1.165) is 24.8 Å². The van der Waals surface area contributed by atoms with Crippen LogP contribution in [0.15, 0.2) is 41.8 Å². The molecule has 1 N–H and O–H groups in total. The highest BCUT2D eigenvalue weighted by Crippen LogP contribution is 2.42. The van der Waals surface area contributed by atoms with Crippen molar-refractivity contribution >= 4 is 55.8 Å². The molecule has 7 heteroatoms. The Labute approximate surface area is 174 Å². The summed E-state index contributed by atoms with van der Waals surface area (Å²) in [4.78, 5) is 13.3. The summed E-state index contributed by atoms with van der Waals surface area (Å²) in [7, 11) is 0. The van der Waals surface area contributed by atoms with Gasteiger partial charge in [-0.1, -0.05) is 30.3 Å². The van der Waals surface area contributed by atoms with Gasteiger partial charge in [0.05, 0.1) is 29.6 Å². The predicted molar refractivity (Wildman–Crippen MR) is 115 cm³/mol. The van der Waals surface area contributed by atoms with Crippen molar-refractivity contribution in [3.8, 4) is 5.75 Å². The first-order chi connectivity index (χ1) is 13.0. The quantitative estimate of drug-likeness (QED) is 0.374. The fourth-order valence-electron chi connectivity index (χ4n) is 2.97. The van der Waals surface area contributed by atoms with Crippen LogP contribution in [0, 0.1) is 10.5 Å². The number of rotatable bonds is 6. The van der Waals surface area contributed by atoms with Crippen molar-refractivity contribution in [2.45, 2.75) is 19.6 Å². The molecule has 140 valence electrons. The van der Waals surface area contributed by atoms with Gasteiger partial charge in [0.1, 0.15) is 12.4 Å². The third kappa shape index (κ3) is 3.90. The average molecular weight is 495 g/mol. The summed E-state index contributed by atoms with van der Waals surface area (Å²) in [5.41, 5.74) is 2.84. The topological polar surface area (TPSA) is 62.3 Å². The first kappa shape index (κ1) is 18.5. The maximum absolute atomic E-state index is 11.9. The lowest BCUT2D eigenvalue weighted by atomic mass is 10.1. The van der Waals surface area contributed by atoms with Gasteiger partial charge in [-0.15, -0.1) is 11.3 Å². The van der Waals surface area contributed by atoms with Crippen molar-refractivity contribution in [2.24, 2.45) is 0 Å². The maximum Gasteiger partial charge on any atom is 0.411 e. The van der Waals surface area contributed by atoms with Crippen LogP contribution in [0.3, 0.4) is 0 Å². The van der Waals surface area contributed by atoms with Gasteiger partial charge in [-0.05, 0) is 46.0 Å². The molecule has 3 aromatic rings. The molecule has 1 saturated heterocycles. The van der Waals surface area contributed by atoms with Crippen LogP contribution < -0.4 is 9.64 Å². The minimum atomic E-state index is -0.982. The molecule has 1 aliphatic heterocycles. The summed E-state index contributed by atoms with van der Waals surface area (Å²) >= 11 is 3.86. The van der Waals surface area contributed by atoms with Crippen molar-refractivity contribution in [2.75, 3.05) is 18.1 Å². The molecule has 1 amide bonds. The zero-order valence-corrected chi connectivity index (χ0v) is 17.6. The number of fused-ring (bicyclic) bond motifs is 1. The number of anilines is 1. The first-order valence-electron chi connectivity index (χ1n) is 8.53. The van der Waals surface area contributed by atoms with Crippen LogP contribution in [0.2, 0.25) is 0 Å². The van der Waals surface area contributed by atoms with Gasteiger partial charge in [-0.2, -0.15) is 0 Å². The molecule has 4 rings (SSSR count). The predicted octanol–water partition coefficient (Wildman–Crippen LogP) is 5.28. The molecule has 2 aromatic carbocycles. The van der Waals surface area contributed by atoms with Gasteiger partial charge in [0.15, 0.2) is 0 Å². The van der Waals surface area contributed by atoms with Gasteiger partial charge in [0, 0.05) is 15.0 Å². The van der Waals surface area contributed by atoms with Gasteiger partial charge < -0.3 is 14.6 Å². The van der Waals surface area contributed by atoms with E-state index in [1.165, 1.54) is 4.90 Å². The molecule has 0 unspecified atom stereocenters. The van der Waals surface area contributed by atoms with Crippen molar-refractivity contribution in [1.29, 1.82) is 0 Å². The molecule has 0 radical (unpaired) electrons. The number of hydrogen-bond acceptors (Lipinski definition) is 4. The Morgan fingerprint density at radius 2 is 2.15 bits per heavy atom. The third-order valence-corrected chi connectivity index (χ3v) is 6.66. The summed E-state index contributed by atoms with van der Waals surface area (Å²) in [6.07, 6.45) is -1.01. The van der Waals surface area contributed by atoms with Gasteiger partial charge in [-0.25, -0.2) is 4.79 Å². The van der Waals surface area contributed by atoms with Crippen LogP contribution in [0.1, 0.15) is 11.1 Å². The molecular weight excluding hydrogens is 477 g/mol. The summed E-state index contributed by atoms with van der Waals surface area (Å²) in [6.45, 7) is 3.42. The number of hydrogen-bond donors (Lipinski definition) is 1. The van der Waals surface area contributed by atoms with Crippen molar-refractivity contribution < 1.29 is 19.4 Å². The molecule has 0 spiro atoms. The number of aryl methyl sites for hydroxylation is 1. The Balaban J connectivity index is 1.75. The highest BCUT2D eigenvalue weighted by atomic mass is 127. The molecule has 5 nitrogen and oxygen atoms in total. The Kier molecular flexibility index (Phi) is 5.25. The molecule has 1 fully saturated rings. The van der Waals surface area contributed by atoms with Crippen LogP contribution in [0.25, 0.3) is 10.1 Å². The van der Waals surface area contributed by atoms with E-state index in [1.54, 1.807) is 11.3 Å². The second-order valence-corrected chi connectivity index (χ2v) is 8.41. The normalized spacial score (nSPS) is 15.7. The number of nitrogens with zero attached hydrogens (tertiary/aromatic N) is 1. The SMILES string of the molecule is Cc1csc2c(OCc3ccccc3)cc(N(C[C@@H]3CO3)C(=O)O)c(I)c12. The van der Waals surface area contributed by atoms with Crippen molar-refractivity contribution in [3.63, 3.8) is 0 Å². The second-order valence-electron chi connectivity index (χ2n) is 6.45. The number of carbonyl (C=O) groups is 1. The van der Waals surface area contributed by atoms with E-state index in [1.807, 2.05) is 43.3 Å². The minimum Gasteiger partial charge on any atom is -0.487 e. The van der Waals surface area contributed by atoms with E-state index < -0.39 is 6.09 Å². The van der Waals surface area contributed by atoms with Crippen LogP contribution >= 0.6 is 33.9 Å². The first-order valence-corrected chi connectivity index (χ1v) is 10.5. The van der Waals surface area contributed by atoms with E-state index in [9.17, 15) is 9.90 Å². The van der Waals surface area contributed by atoms with Gasteiger partial charge in [0.25, 0.3) is 0 Å². The number of epoxide rings is 1.